The number of hydrogen-bond donors (Lipinski definition) is 0. The topological polar surface area (TPSA) is 0 Å². The van der Waals surface area contributed by atoms with Crippen LogP contribution in [-0.2, 0) is 0 Å². The normalized spacial score (nSPS) is 11.2. The van der Waals surface area contributed by atoms with Crippen molar-refractivity contribution in [3.8, 4) is 0 Å². The van der Waals surface area contributed by atoms with E-state index in [1.165, 1.54) is 0 Å². The molecule has 2 aromatic rings. The minimum atomic E-state index is -1.56. The van der Waals surface area contributed by atoms with E-state index in [2.05, 4.69) is 0 Å². The summed E-state index contributed by atoms with van der Waals surface area (Å²) < 4.78 is 84.2. The highest BCUT2D eigenvalue weighted by Crippen LogP contribution is 2.40. The van der Waals surface area contributed by atoms with Gasteiger partial charge in [0.15, 0.2) is 23.3 Å². The van der Waals surface area contributed by atoms with Crippen molar-refractivity contribution in [2.24, 2.45) is 0 Å². The van der Waals surface area contributed by atoms with Crippen LogP contribution in [0.3, 0.4) is 0 Å². The molecule has 0 heterocycles. The van der Waals surface area contributed by atoms with Gasteiger partial charge < -0.3 is 0 Å². The number of rotatable bonds is 6. The average Bonchev–Trinajstić information content (AvgIpc) is 2.57. The van der Waals surface area contributed by atoms with Crippen LogP contribution in [0.2, 0.25) is 0 Å². The Kier molecular flexibility index (Phi) is 7.04. The molecule has 0 radical (unpaired) electrons. The van der Waals surface area contributed by atoms with Gasteiger partial charge in [0.05, 0.1) is 9.79 Å². The largest absolute Gasteiger partial charge is 0.206 e. The standard InChI is InChI=1S/C16H12F6S3/c1-3-23-9-5-7(17)15(13(21)11(9)19)25-16-8(18)6-10(24-4-2)12(20)14(16)22/h5-6H,3-4H2,1-2H3. The predicted molar refractivity (Wildman–Crippen MR) is 89.6 cm³/mol. The van der Waals surface area contributed by atoms with Gasteiger partial charge in [-0.2, -0.15) is 0 Å². The molecule has 0 bridgehead atoms. The van der Waals surface area contributed by atoms with Gasteiger partial charge in [-0.25, -0.2) is 26.3 Å². The minimum Gasteiger partial charge on any atom is -0.206 e. The molecule has 0 spiro atoms. The molecule has 0 atom stereocenters. The zero-order chi connectivity index (χ0) is 18.7. The molecule has 2 rings (SSSR count). The SMILES string of the molecule is CCSc1cc(F)c(Sc2c(F)cc(SCC)c(F)c2F)c(F)c1F. The summed E-state index contributed by atoms with van der Waals surface area (Å²) in [5.41, 5.74) is 0. The van der Waals surface area contributed by atoms with Crippen LogP contribution >= 0.6 is 35.3 Å². The minimum absolute atomic E-state index is 0.0225. The van der Waals surface area contributed by atoms with Crippen molar-refractivity contribution in [3.05, 3.63) is 47.0 Å². The van der Waals surface area contributed by atoms with Gasteiger partial charge >= 0.3 is 0 Å². The second kappa shape index (κ2) is 8.64. The Labute approximate surface area is 153 Å². The average molecular weight is 414 g/mol. The number of halogens is 6. The first-order chi connectivity index (χ1) is 11.8. The summed E-state index contributed by atoms with van der Waals surface area (Å²) in [6.07, 6.45) is 0. The second-order valence-electron chi connectivity index (χ2n) is 4.60. The van der Waals surface area contributed by atoms with E-state index in [9.17, 15) is 26.3 Å². The summed E-state index contributed by atoms with van der Waals surface area (Å²) in [4.78, 5) is -2.34. The lowest BCUT2D eigenvalue weighted by Gasteiger charge is -2.12. The maximum absolute atomic E-state index is 14.1. The summed E-state index contributed by atoms with van der Waals surface area (Å²) >= 11 is 1.75. The predicted octanol–water partition coefficient (Wildman–Crippen LogP) is 6.90. The van der Waals surface area contributed by atoms with Crippen molar-refractivity contribution >= 4 is 35.3 Å². The van der Waals surface area contributed by atoms with E-state index in [1.807, 2.05) is 0 Å². The van der Waals surface area contributed by atoms with Crippen LogP contribution in [0.4, 0.5) is 26.3 Å². The summed E-state index contributed by atoms with van der Waals surface area (Å²) in [6, 6.07) is 1.50. The van der Waals surface area contributed by atoms with Gasteiger partial charge in [-0.15, -0.1) is 23.5 Å². The van der Waals surface area contributed by atoms with E-state index in [0.717, 1.165) is 35.7 Å². The smallest absolute Gasteiger partial charge is 0.176 e. The molecule has 2 aromatic carbocycles. The van der Waals surface area contributed by atoms with Gasteiger partial charge in [-0.1, -0.05) is 25.6 Å². The maximum Gasteiger partial charge on any atom is 0.176 e. The van der Waals surface area contributed by atoms with Crippen LogP contribution in [0.1, 0.15) is 13.8 Å². The summed E-state index contributed by atoms with van der Waals surface area (Å²) in [5, 5.41) is 0. The first-order valence-corrected chi connectivity index (χ1v) is 9.88. The third-order valence-electron chi connectivity index (χ3n) is 2.97. The van der Waals surface area contributed by atoms with Crippen molar-refractivity contribution in [2.75, 3.05) is 11.5 Å². The third-order valence-corrected chi connectivity index (χ3v) is 5.92. The highest BCUT2D eigenvalue weighted by atomic mass is 32.2. The molecule has 25 heavy (non-hydrogen) atoms. The molecular weight excluding hydrogens is 402 g/mol. The molecule has 0 amide bonds. The highest BCUT2D eigenvalue weighted by Gasteiger charge is 2.25. The van der Waals surface area contributed by atoms with E-state index in [4.69, 9.17) is 0 Å². The first kappa shape index (κ1) is 20.4. The molecule has 0 fully saturated rings. The summed E-state index contributed by atoms with van der Waals surface area (Å²) in [7, 11) is 0. The van der Waals surface area contributed by atoms with Gasteiger partial charge in [0.2, 0.25) is 0 Å². The highest BCUT2D eigenvalue weighted by molar-refractivity contribution is 8.00. The monoisotopic (exact) mass is 414 g/mol. The Hall–Kier alpha value is -0.930. The molecule has 0 N–H and O–H groups in total. The fourth-order valence-corrected chi connectivity index (χ4v) is 4.23. The molecule has 0 saturated heterocycles. The second-order valence-corrected chi connectivity index (χ2v) is 8.23. The molecule has 9 heteroatoms. The van der Waals surface area contributed by atoms with E-state index in [1.54, 1.807) is 13.8 Å². The molecule has 0 aliphatic rings. The van der Waals surface area contributed by atoms with E-state index in [-0.39, 0.29) is 21.6 Å². The molecule has 0 unspecified atom stereocenters. The van der Waals surface area contributed by atoms with Crippen molar-refractivity contribution < 1.29 is 26.3 Å². The van der Waals surface area contributed by atoms with Gasteiger partial charge in [0, 0.05) is 9.79 Å². The molecule has 0 saturated carbocycles. The Bertz CT molecular complexity index is 729. The van der Waals surface area contributed by atoms with E-state index in [0.29, 0.717) is 11.5 Å². The number of hydrogen-bond acceptors (Lipinski definition) is 3. The van der Waals surface area contributed by atoms with Gasteiger partial charge in [-0.05, 0) is 23.6 Å². The van der Waals surface area contributed by atoms with Crippen molar-refractivity contribution in [1.82, 2.24) is 0 Å². The molecular formula is C16H12F6S3. The first-order valence-electron chi connectivity index (χ1n) is 7.10. The lowest BCUT2D eigenvalue weighted by molar-refractivity contribution is 0.444. The van der Waals surface area contributed by atoms with Crippen molar-refractivity contribution in [1.29, 1.82) is 0 Å². The van der Waals surface area contributed by atoms with Crippen LogP contribution in [0.5, 0.6) is 0 Å². The van der Waals surface area contributed by atoms with Gasteiger partial charge in [-0.3, -0.25) is 0 Å². The Morgan fingerprint density at radius 3 is 1.32 bits per heavy atom. The van der Waals surface area contributed by atoms with Gasteiger partial charge in [0.25, 0.3) is 0 Å². The summed E-state index contributed by atoms with van der Waals surface area (Å²) in [5.74, 6) is -7.33. The van der Waals surface area contributed by atoms with Gasteiger partial charge in [0.1, 0.15) is 11.6 Å². The van der Waals surface area contributed by atoms with Crippen LogP contribution < -0.4 is 0 Å². The Morgan fingerprint density at radius 1 is 0.640 bits per heavy atom. The summed E-state index contributed by atoms with van der Waals surface area (Å²) in [6.45, 7) is 3.35. The van der Waals surface area contributed by atoms with Crippen LogP contribution in [0, 0.1) is 34.9 Å². The fraction of sp³-hybridized carbons (Fsp3) is 0.250. The zero-order valence-electron chi connectivity index (χ0n) is 13.1. The molecule has 0 aliphatic carbocycles. The van der Waals surface area contributed by atoms with Crippen molar-refractivity contribution in [2.45, 2.75) is 33.4 Å². The third kappa shape index (κ3) is 4.25. The maximum atomic E-state index is 14.1. The fourth-order valence-electron chi connectivity index (χ4n) is 1.92. The molecule has 0 aromatic heterocycles. The Balaban J connectivity index is 2.50. The molecule has 0 aliphatic heterocycles. The molecule has 0 nitrogen and oxygen atoms in total. The Morgan fingerprint density at radius 2 is 1.00 bits per heavy atom. The zero-order valence-corrected chi connectivity index (χ0v) is 15.5. The van der Waals surface area contributed by atoms with Crippen molar-refractivity contribution in [3.63, 3.8) is 0 Å². The lowest BCUT2D eigenvalue weighted by atomic mass is 10.3. The number of thioether (sulfide) groups is 2. The van der Waals surface area contributed by atoms with Crippen LogP contribution in [0.25, 0.3) is 0 Å². The van der Waals surface area contributed by atoms with Crippen LogP contribution in [-0.4, -0.2) is 11.5 Å². The number of benzene rings is 2. The lowest BCUT2D eigenvalue weighted by Crippen LogP contribution is -2.00. The van der Waals surface area contributed by atoms with E-state index >= 15 is 0 Å². The van der Waals surface area contributed by atoms with E-state index < -0.39 is 44.7 Å². The van der Waals surface area contributed by atoms with Crippen LogP contribution in [0.15, 0.2) is 31.7 Å². The molecule has 136 valence electrons. The quantitative estimate of drug-likeness (QED) is 0.287.